The van der Waals surface area contributed by atoms with Crippen molar-refractivity contribution in [3.63, 3.8) is 0 Å². The zero-order chi connectivity index (χ0) is 14.4. The Labute approximate surface area is 114 Å². The Balaban J connectivity index is 2.68. The van der Waals surface area contributed by atoms with Crippen LogP contribution in [0.4, 0.5) is 5.82 Å². The van der Waals surface area contributed by atoms with Gasteiger partial charge in [0.05, 0.1) is 12.6 Å². The Morgan fingerprint density at radius 3 is 2.74 bits per heavy atom. The summed E-state index contributed by atoms with van der Waals surface area (Å²) in [5.41, 5.74) is 0.724. The summed E-state index contributed by atoms with van der Waals surface area (Å²) >= 11 is 0. The summed E-state index contributed by atoms with van der Waals surface area (Å²) < 4.78 is 0. The Bertz CT molecular complexity index is 419. The molecule has 0 aliphatic rings. The van der Waals surface area contributed by atoms with Crippen molar-refractivity contribution in [2.75, 3.05) is 25.0 Å². The van der Waals surface area contributed by atoms with E-state index < -0.39 is 6.10 Å². The number of rotatable bonds is 6. The summed E-state index contributed by atoms with van der Waals surface area (Å²) in [6.45, 7) is 6.68. The van der Waals surface area contributed by atoms with Crippen LogP contribution < -0.4 is 10.2 Å². The minimum atomic E-state index is -0.607. The number of nitrogens with one attached hydrogen (secondary N) is 1. The van der Waals surface area contributed by atoms with Crippen molar-refractivity contribution < 1.29 is 9.90 Å². The molecule has 0 saturated heterocycles. The molecule has 0 fully saturated rings. The number of carbonyl (C=O) groups is 1. The van der Waals surface area contributed by atoms with Crippen LogP contribution in [0.5, 0.6) is 0 Å². The van der Waals surface area contributed by atoms with Crippen LogP contribution in [-0.2, 0) is 4.79 Å². The number of nitrogens with zero attached hydrogens (tertiary/aromatic N) is 2. The van der Waals surface area contributed by atoms with Crippen molar-refractivity contribution >= 4 is 11.7 Å². The topological polar surface area (TPSA) is 65.5 Å². The quantitative estimate of drug-likeness (QED) is 0.814. The second-order valence-electron chi connectivity index (χ2n) is 5.15. The van der Waals surface area contributed by atoms with Crippen molar-refractivity contribution in [1.29, 1.82) is 0 Å². The molecule has 2 N–H and O–H groups in total. The summed E-state index contributed by atoms with van der Waals surface area (Å²) in [7, 11) is 1.79. The zero-order valence-electron chi connectivity index (χ0n) is 12.1. The van der Waals surface area contributed by atoms with Crippen LogP contribution in [0.25, 0.3) is 0 Å². The molecule has 0 saturated carbocycles. The van der Waals surface area contributed by atoms with Gasteiger partial charge in [-0.05, 0) is 18.9 Å². The summed E-state index contributed by atoms with van der Waals surface area (Å²) in [6, 6.07) is 3.59. The Morgan fingerprint density at radius 2 is 2.16 bits per heavy atom. The second kappa shape index (κ2) is 7.09. The van der Waals surface area contributed by atoms with Gasteiger partial charge in [0.1, 0.15) is 5.82 Å². The number of aliphatic hydroxyl groups is 1. The smallest absolute Gasteiger partial charge is 0.239 e. The summed E-state index contributed by atoms with van der Waals surface area (Å²) in [5, 5.41) is 12.6. The summed E-state index contributed by atoms with van der Waals surface area (Å²) in [4.78, 5) is 17.8. The lowest BCUT2D eigenvalue weighted by molar-refractivity contribution is -0.119. The fourth-order valence-corrected chi connectivity index (χ4v) is 1.72. The Kier molecular flexibility index (Phi) is 5.76. The van der Waals surface area contributed by atoms with E-state index in [0.29, 0.717) is 18.3 Å². The molecule has 1 heterocycles. The van der Waals surface area contributed by atoms with Crippen molar-refractivity contribution in [3.05, 3.63) is 23.9 Å². The van der Waals surface area contributed by atoms with E-state index in [1.165, 1.54) is 0 Å². The zero-order valence-corrected chi connectivity index (χ0v) is 12.1. The molecule has 0 bridgehead atoms. The van der Waals surface area contributed by atoms with Crippen molar-refractivity contribution in [2.24, 2.45) is 5.92 Å². The van der Waals surface area contributed by atoms with Gasteiger partial charge in [-0.25, -0.2) is 4.98 Å². The van der Waals surface area contributed by atoms with Crippen LogP contribution in [0.2, 0.25) is 0 Å². The van der Waals surface area contributed by atoms with Crippen LogP contribution in [0.1, 0.15) is 32.4 Å². The first kappa shape index (κ1) is 15.4. The van der Waals surface area contributed by atoms with Gasteiger partial charge in [0.15, 0.2) is 0 Å². The fourth-order valence-electron chi connectivity index (χ4n) is 1.72. The maximum Gasteiger partial charge on any atom is 0.239 e. The number of hydrogen-bond donors (Lipinski definition) is 2. The third kappa shape index (κ3) is 4.87. The van der Waals surface area contributed by atoms with E-state index in [0.717, 1.165) is 5.56 Å². The first-order chi connectivity index (χ1) is 8.91. The molecule has 106 valence electrons. The largest absolute Gasteiger partial charge is 0.389 e. The van der Waals surface area contributed by atoms with Crippen LogP contribution in [0.3, 0.4) is 0 Å². The molecule has 0 aliphatic carbocycles. The summed E-state index contributed by atoms with van der Waals surface area (Å²) in [5.74, 6) is 1.02. The van der Waals surface area contributed by atoms with E-state index in [4.69, 9.17) is 0 Å². The van der Waals surface area contributed by atoms with Gasteiger partial charge in [-0.15, -0.1) is 0 Å². The lowest BCUT2D eigenvalue weighted by Gasteiger charge is -2.21. The van der Waals surface area contributed by atoms with Gasteiger partial charge in [0.25, 0.3) is 0 Å². The monoisotopic (exact) mass is 265 g/mol. The number of pyridine rings is 1. The number of amides is 1. The SMILES string of the molecule is CC(C)CNC(=O)CN(C)c1ncccc1[C@@H](C)O. The molecular formula is C14H23N3O2. The van der Waals surface area contributed by atoms with E-state index >= 15 is 0 Å². The number of anilines is 1. The van der Waals surface area contributed by atoms with Crippen molar-refractivity contribution in [3.8, 4) is 0 Å². The van der Waals surface area contributed by atoms with Gasteiger partial charge in [-0.1, -0.05) is 19.9 Å². The number of hydrogen-bond acceptors (Lipinski definition) is 4. The van der Waals surface area contributed by atoms with E-state index in [2.05, 4.69) is 10.3 Å². The van der Waals surface area contributed by atoms with Crippen LogP contribution in [0.15, 0.2) is 18.3 Å². The minimum Gasteiger partial charge on any atom is -0.389 e. The molecular weight excluding hydrogens is 242 g/mol. The molecule has 0 radical (unpaired) electrons. The lowest BCUT2D eigenvalue weighted by Crippen LogP contribution is -2.37. The molecule has 1 rings (SSSR count). The predicted octanol–water partition coefficient (Wildman–Crippen LogP) is 1.34. The van der Waals surface area contributed by atoms with Gasteiger partial charge in [0.2, 0.25) is 5.91 Å². The van der Waals surface area contributed by atoms with Crippen LogP contribution >= 0.6 is 0 Å². The highest BCUT2D eigenvalue weighted by atomic mass is 16.3. The lowest BCUT2D eigenvalue weighted by atomic mass is 10.1. The van der Waals surface area contributed by atoms with Crippen molar-refractivity contribution in [2.45, 2.75) is 26.9 Å². The predicted molar refractivity (Wildman–Crippen MR) is 76.0 cm³/mol. The molecule has 0 unspecified atom stereocenters. The Morgan fingerprint density at radius 1 is 1.47 bits per heavy atom. The van der Waals surface area contributed by atoms with Gasteiger partial charge in [0, 0.05) is 25.4 Å². The molecule has 0 spiro atoms. The number of aromatic nitrogens is 1. The standard InChI is InChI=1S/C14H23N3O2/c1-10(2)8-16-13(19)9-17(4)14-12(11(3)18)6-5-7-15-14/h5-7,10-11,18H,8-9H2,1-4H3,(H,16,19)/t11-/m1/s1. The summed E-state index contributed by atoms with van der Waals surface area (Å²) in [6.07, 6.45) is 1.05. The average Bonchev–Trinajstić information content (AvgIpc) is 2.36. The van der Waals surface area contributed by atoms with E-state index in [1.807, 2.05) is 19.9 Å². The molecule has 1 amide bonds. The molecule has 1 atom stereocenters. The second-order valence-corrected chi connectivity index (χ2v) is 5.15. The van der Waals surface area contributed by atoms with Gasteiger partial charge >= 0.3 is 0 Å². The maximum absolute atomic E-state index is 11.8. The van der Waals surface area contributed by atoms with E-state index in [1.54, 1.807) is 31.1 Å². The minimum absolute atomic E-state index is 0.0432. The molecule has 19 heavy (non-hydrogen) atoms. The fraction of sp³-hybridized carbons (Fsp3) is 0.571. The molecule has 5 heteroatoms. The van der Waals surface area contributed by atoms with Crippen molar-refractivity contribution in [1.82, 2.24) is 10.3 Å². The average molecular weight is 265 g/mol. The maximum atomic E-state index is 11.8. The third-order valence-electron chi connectivity index (χ3n) is 2.72. The number of aliphatic hydroxyl groups excluding tert-OH is 1. The molecule has 1 aromatic rings. The normalized spacial score (nSPS) is 12.3. The first-order valence-electron chi connectivity index (χ1n) is 6.52. The Hall–Kier alpha value is -1.62. The highest BCUT2D eigenvalue weighted by molar-refractivity contribution is 5.81. The van der Waals surface area contributed by atoms with Gasteiger partial charge in [-0.2, -0.15) is 0 Å². The van der Waals surface area contributed by atoms with Gasteiger partial charge in [-0.3, -0.25) is 4.79 Å². The number of likely N-dealkylation sites (N-methyl/N-ethyl adjacent to an activating group) is 1. The van der Waals surface area contributed by atoms with Crippen LogP contribution in [-0.4, -0.2) is 36.1 Å². The molecule has 0 aromatic carbocycles. The first-order valence-corrected chi connectivity index (χ1v) is 6.52. The van der Waals surface area contributed by atoms with E-state index in [9.17, 15) is 9.90 Å². The molecule has 0 aliphatic heterocycles. The number of carbonyl (C=O) groups excluding carboxylic acids is 1. The third-order valence-corrected chi connectivity index (χ3v) is 2.72. The van der Waals surface area contributed by atoms with Crippen LogP contribution in [0, 0.1) is 5.92 Å². The highest BCUT2D eigenvalue weighted by Gasteiger charge is 2.14. The molecule has 1 aromatic heterocycles. The van der Waals surface area contributed by atoms with E-state index in [-0.39, 0.29) is 12.5 Å². The van der Waals surface area contributed by atoms with Gasteiger partial charge < -0.3 is 15.3 Å². The molecule has 5 nitrogen and oxygen atoms in total. The highest BCUT2D eigenvalue weighted by Crippen LogP contribution is 2.22.